The maximum atomic E-state index is 9.83. The van der Waals surface area contributed by atoms with Crippen molar-refractivity contribution in [2.75, 3.05) is 13.7 Å². The Balaban J connectivity index is 0. The molecule has 78 valence electrons. The predicted octanol–water partition coefficient (Wildman–Crippen LogP) is 0.373. The molecule has 1 unspecified atom stereocenters. The lowest BCUT2D eigenvalue weighted by molar-refractivity contribution is 0.0122. The van der Waals surface area contributed by atoms with E-state index in [2.05, 4.69) is 9.47 Å². The summed E-state index contributed by atoms with van der Waals surface area (Å²) in [5.74, 6) is 0. The van der Waals surface area contributed by atoms with E-state index in [-0.39, 0.29) is 6.61 Å². The van der Waals surface area contributed by atoms with Crippen molar-refractivity contribution in [1.82, 2.24) is 0 Å². The zero-order valence-electron chi connectivity index (χ0n) is 7.26. The quantitative estimate of drug-likeness (QED) is 0.559. The largest absolute Gasteiger partial charge is 0.506 e. The van der Waals surface area contributed by atoms with E-state index >= 15 is 0 Å². The average Bonchev–Trinajstić information content (AvgIpc) is 2.03. The van der Waals surface area contributed by atoms with Crippen LogP contribution in [0.3, 0.4) is 0 Å². The van der Waals surface area contributed by atoms with Gasteiger partial charge in [-0.15, -0.1) is 0 Å². The molecule has 0 aromatic carbocycles. The van der Waals surface area contributed by atoms with Gasteiger partial charge in [0.05, 0.1) is 0 Å². The van der Waals surface area contributed by atoms with Crippen molar-refractivity contribution in [3.63, 3.8) is 0 Å². The molecule has 1 atom stereocenters. The van der Waals surface area contributed by atoms with Gasteiger partial charge >= 0.3 is 12.3 Å². The maximum Gasteiger partial charge on any atom is 0.506 e. The monoisotopic (exact) mass is 196 g/mol. The Kier molecular flexibility index (Phi) is 9.29. The normalized spacial score (nSPS) is 10.4. The van der Waals surface area contributed by atoms with Crippen LogP contribution >= 0.6 is 0 Å². The van der Waals surface area contributed by atoms with Crippen LogP contribution in [0.2, 0.25) is 0 Å². The molecule has 0 bridgehead atoms. The molecule has 0 aliphatic heterocycles. The summed E-state index contributed by atoms with van der Waals surface area (Å²) in [4.78, 5) is 19.6. The van der Waals surface area contributed by atoms with Crippen molar-refractivity contribution < 1.29 is 34.4 Å². The molecule has 0 aromatic heterocycles. The molecule has 0 fully saturated rings. The van der Waals surface area contributed by atoms with Gasteiger partial charge in [0.2, 0.25) is 0 Å². The molecule has 0 rings (SSSR count). The standard InChI is InChI=1S/C5H8O6.CH4O/c1-3(11-5(8)9)2-10-4(6)7;1-2/h3H,2H2,1H3,(H,6,7)(H,8,9);2H,1H3. The van der Waals surface area contributed by atoms with Gasteiger partial charge in [0.15, 0.2) is 0 Å². The topological polar surface area (TPSA) is 113 Å². The molecule has 3 N–H and O–H groups in total. The Hall–Kier alpha value is -1.50. The van der Waals surface area contributed by atoms with E-state index in [1.807, 2.05) is 0 Å². The molecule has 0 amide bonds. The first-order valence-corrected chi connectivity index (χ1v) is 3.22. The van der Waals surface area contributed by atoms with Gasteiger partial charge in [0.1, 0.15) is 12.7 Å². The van der Waals surface area contributed by atoms with Crippen LogP contribution in [0.4, 0.5) is 9.59 Å². The first kappa shape index (κ1) is 14.0. The molecule has 0 spiro atoms. The van der Waals surface area contributed by atoms with Gasteiger partial charge in [-0.1, -0.05) is 0 Å². The summed E-state index contributed by atoms with van der Waals surface area (Å²) in [7, 11) is 1.00. The van der Waals surface area contributed by atoms with E-state index < -0.39 is 18.4 Å². The minimum Gasteiger partial charge on any atom is -0.450 e. The number of rotatable bonds is 3. The Labute approximate surface area is 74.5 Å². The van der Waals surface area contributed by atoms with Gasteiger partial charge in [-0.2, -0.15) is 0 Å². The molecule has 0 heterocycles. The SMILES string of the molecule is CC(COC(=O)O)OC(=O)O.CO. The van der Waals surface area contributed by atoms with Crippen LogP contribution in [0.1, 0.15) is 6.92 Å². The van der Waals surface area contributed by atoms with Gasteiger partial charge in [-0.25, -0.2) is 9.59 Å². The fraction of sp³-hybridized carbons (Fsp3) is 0.667. The van der Waals surface area contributed by atoms with Crippen molar-refractivity contribution in [2.45, 2.75) is 13.0 Å². The number of carboxylic acid groups (broad SMARTS) is 2. The molecular weight excluding hydrogens is 184 g/mol. The van der Waals surface area contributed by atoms with Crippen LogP contribution < -0.4 is 0 Å². The van der Waals surface area contributed by atoms with Crippen molar-refractivity contribution in [3.8, 4) is 0 Å². The Morgan fingerprint density at radius 1 is 1.23 bits per heavy atom. The summed E-state index contributed by atoms with van der Waals surface area (Å²) in [5.41, 5.74) is 0. The van der Waals surface area contributed by atoms with Crippen LogP contribution in [-0.4, -0.2) is 47.5 Å². The van der Waals surface area contributed by atoms with Crippen molar-refractivity contribution in [3.05, 3.63) is 0 Å². The van der Waals surface area contributed by atoms with Gasteiger partial charge in [-0.3, -0.25) is 0 Å². The predicted molar refractivity (Wildman–Crippen MR) is 40.7 cm³/mol. The summed E-state index contributed by atoms with van der Waals surface area (Å²) in [6.45, 7) is 1.10. The summed E-state index contributed by atoms with van der Waals surface area (Å²) < 4.78 is 8.16. The number of aliphatic hydroxyl groups excluding tert-OH is 1. The van der Waals surface area contributed by atoms with E-state index in [1.54, 1.807) is 0 Å². The van der Waals surface area contributed by atoms with E-state index in [4.69, 9.17) is 15.3 Å². The van der Waals surface area contributed by atoms with Crippen molar-refractivity contribution in [2.24, 2.45) is 0 Å². The second kappa shape index (κ2) is 8.60. The highest BCUT2D eigenvalue weighted by atomic mass is 16.7. The third-order valence-electron chi connectivity index (χ3n) is 0.744. The average molecular weight is 196 g/mol. The maximum absolute atomic E-state index is 9.83. The minimum atomic E-state index is -1.45. The number of ether oxygens (including phenoxy) is 2. The first-order valence-electron chi connectivity index (χ1n) is 3.22. The summed E-state index contributed by atoms with van der Waals surface area (Å²) >= 11 is 0. The smallest absolute Gasteiger partial charge is 0.450 e. The number of hydrogen-bond acceptors (Lipinski definition) is 5. The van der Waals surface area contributed by atoms with E-state index in [1.165, 1.54) is 6.92 Å². The molecule has 0 aliphatic carbocycles. The molecule has 0 radical (unpaired) electrons. The van der Waals surface area contributed by atoms with Gasteiger partial charge in [-0.05, 0) is 6.92 Å². The summed E-state index contributed by atoms with van der Waals surface area (Å²) in [5, 5.41) is 23.0. The summed E-state index contributed by atoms with van der Waals surface area (Å²) in [6.07, 6.45) is -3.68. The van der Waals surface area contributed by atoms with Crippen LogP contribution in [-0.2, 0) is 9.47 Å². The third kappa shape index (κ3) is 13.5. The molecular formula is C6H12O7. The number of aliphatic hydroxyl groups is 1. The highest BCUT2D eigenvalue weighted by Crippen LogP contribution is 1.92. The fourth-order valence-electron chi connectivity index (χ4n) is 0.395. The number of carbonyl (C=O) groups is 2. The van der Waals surface area contributed by atoms with Crippen LogP contribution in [0, 0.1) is 0 Å². The molecule has 0 saturated heterocycles. The second-order valence-corrected chi connectivity index (χ2v) is 1.77. The Morgan fingerprint density at radius 3 is 2.00 bits per heavy atom. The molecule has 0 aliphatic rings. The lowest BCUT2D eigenvalue weighted by Gasteiger charge is -2.08. The van der Waals surface area contributed by atoms with E-state index in [9.17, 15) is 9.59 Å². The van der Waals surface area contributed by atoms with Gasteiger partial charge < -0.3 is 24.8 Å². The molecule has 0 saturated carbocycles. The fourth-order valence-corrected chi connectivity index (χ4v) is 0.395. The zero-order valence-corrected chi connectivity index (χ0v) is 7.26. The highest BCUT2D eigenvalue weighted by Gasteiger charge is 2.09. The van der Waals surface area contributed by atoms with E-state index in [0.29, 0.717) is 0 Å². The third-order valence-corrected chi connectivity index (χ3v) is 0.744. The lowest BCUT2D eigenvalue weighted by atomic mass is 10.4. The Morgan fingerprint density at radius 2 is 1.69 bits per heavy atom. The zero-order chi connectivity index (χ0) is 10.9. The molecule has 7 nitrogen and oxygen atoms in total. The highest BCUT2D eigenvalue weighted by molar-refractivity contribution is 5.58. The molecule has 0 aromatic rings. The van der Waals surface area contributed by atoms with Crippen molar-refractivity contribution in [1.29, 1.82) is 0 Å². The van der Waals surface area contributed by atoms with Crippen LogP contribution in [0.25, 0.3) is 0 Å². The van der Waals surface area contributed by atoms with Crippen molar-refractivity contribution >= 4 is 12.3 Å². The Bertz CT molecular complexity index is 155. The second-order valence-electron chi connectivity index (χ2n) is 1.77. The minimum absolute atomic E-state index is 0.290. The molecule has 7 heteroatoms. The van der Waals surface area contributed by atoms with E-state index in [0.717, 1.165) is 7.11 Å². The lowest BCUT2D eigenvalue weighted by Crippen LogP contribution is -2.20. The van der Waals surface area contributed by atoms with Gasteiger partial charge in [0.25, 0.3) is 0 Å². The summed E-state index contributed by atoms with van der Waals surface area (Å²) in [6, 6.07) is 0. The van der Waals surface area contributed by atoms with Gasteiger partial charge in [0, 0.05) is 7.11 Å². The first-order chi connectivity index (χ1) is 6.02. The number of hydrogen-bond donors (Lipinski definition) is 3. The molecule has 13 heavy (non-hydrogen) atoms. The van der Waals surface area contributed by atoms with Crippen LogP contribution in [0.15, 0.2) is 0 Å². The van der Waals surface area contributed by atoms with Crippen LogP contribution in [0.5, 0.6) is 0 Å².